The molecule has 0 spiro atoms. The Kier molecular flexibility index (Phi) is 5.43. The number of benzene rings is 1. The largest absolute Gasteiger partial charge is 0.463 e. The molecular weight excluding hydrogens is 772 g/mol. The lowest BCUT2D eigenvalue weighted by atomic mass is 9.27. The summed E-state index contributed by atoms with van der Waals surface area (Å²) in [4.78, 5) is 16.8. The van der Waals surface area contributed by atoms with Gasteiger partial charge in [-0.15, -0.1) is 0 Å². The summed E-state index contributed by atoms with van der Waals surface area (Å²) < 4.78 is 23.4. The van der Waals surface area contributed by atoms with Gasteiger partial charge in [0.15, 0.2) is 0 Å². The Bertz CT molecular complexity index is 2870. The van der Waals surface area contributed by atoms with E-state index in [9.17, 15) is 0 Å². The van der Waals surface area contributed by atoms with Gasteiger partial charge < -0.3 is 9.47 Å². The fourth-order valence-electron chi connectivity index (χ4n) is 22.6. The predicted octanol–water partition coefficient (Wildman–Crippen LogP) is 8.25. The van der Waals surface area contributed by atoms with E-state index in [1.807, 2.05) is 0 Å². The second-order valence-corrected chi connectivity index (χ2v) is 26.3. The molecule has 10 unspecified atom stereocenters. The molecule has 0 saturated heterocycles. The highest BCUT2D eigenvalue weighted by molar-refractivity contribution is 6.98. The molecule has 6 nitrogen and oxygen atoms in total. The minimum absolute atomic E-state index is 0.196. The summed E-state index contributed by atoms with van der Waals surface area (Å²) in [7, 11) is 0. The number of allylic oxidation sites excluding steroid dienone is 4. The maximum Gasteiger partial charge on any atom is 0.340 e. The summed E-state index contributed by atoms with van der Waals surface area (Å²) in [6, 6.07) is 2.50. The molecule has 8 saturated carbocycles. The van der Waals surface area contributed by atoms with Gasteiger partial charge in [-0.1, -0.05) is 0 Å². The standard InChI is InChI=1S/C55H57B2N3O3/c61-55-59-48-34-13-22-1-23(14-34)6-30(5-22)40(48)46-53(59)58-50-44-38(62-51-36-17-26-3-27(18-36)10-32(9-26)42(51)56(44)46)21-39-45(50)57(43-33-11-28-4-29(12-33)20-37(19-28)52(43)63-39)47-41-31-7-24-2-25(8-31)16-35(15-24)49(41)60(55)54(47)58/h21-37H,1-20H2/t22-,23?,24?,25?,26?,27?,28-,29?,30?,31?,32?,33?,34?,35?,36?,37?/m0/s1. The molecule has 0 N–H and O–H groups in total. The summed E-state index contributed by atoms with van der Waals surface area (Å²) in [5.74, 6) is 15.9. The van der Waals surface area contributed by atoms with Gasteiger partial charge >= 0.3 is 5.69 Å². The number of fused-ring (bicyclic) bond motifs is 2. The number of rotatable bonds is 0. The van der Waals surface area contributed by atoms with Crippen LogP contribution in [0, 0.1) is 71.0 Å². The first kappa shape index (κ1) is 33.0. The summed E-state index contributed by atoms with van der Waals surface area (Å²) in [6.07, 6.45) is 26.8. The molecule has 4 aromatic rings. The summed E-state index contributed by atoms with van der Waals surface area (Å²) in [5, 5.41) is 0. The molecule has 12 atom stereocenters. The van der Waals surface area contributed by atoms with Crippen LogP contribution in [0.4, 0.5) is 0 Å². The second-order valence-electron chi connectivity index (χ2n) is 26.3. The van der Waals surface area contributed by atoms with Crippen molar-refractivity contribution < 1.29 is 9.47 Å². The predicted molar refractivity (Wildman–Crippen MR) is 244 cm³/mol. The molecule has 20 aliphatic rings. The van der Waals surface area contributed by atoms with Gasteiger partial charge in [-0.2, -0.15) is 0 Å². The van der Waals surface area contributed by atoms with E-state index in [1.54, 1.807) is 33.0 Å². The zero-order valence-corrected chi connectivity index (χ0v) is 36.7. The Morgan fingerprint density at radius 3 is 1.16 bits per heavy atom. The van der Waals surface area contributed by atoms with E-state index < -0.39 is 0 Å². The van der Waals surface area contributed by atoms with E-state index in [2.05, 4.69) is 19.4 Å². The third-order valence-corrected chi connectivity index (χ3v) is 23.4. The molecule has 63 heavy (non-hydrogen) atoms. The van der Waals surface area contributed by atoms with Crippen LogP contribution in [0.1, 0.15) is 175 Å². The summed E-state index contributed by atoms with van der Waals surface area (Å²) >= 11 is 0. The highest BCUT2D eigenvalue weighted by Gasteiger charge is 2.61. The van der Waals surface area contributed by atoms with Crippen LogP contribution in [-0.2, 0) is 0 Å². The lowest BCUT2D eigenvalue weighted by Crippen LogP contribution is -2.63. The molecule has 16 bridgehead atoms. The third kappa shape index (κ3) is 3.57. The number of hydrogen-bond donors (Lipinski definition) is 0. The van der Waals surface area contributed by atoms with Crippen molar-refractivity contribution in [2.45, 2.75) is 152 Å². The van der Waals surface area contributed by atoms with Crippen molar-refractivity contribution in [3.8, 4) is 17.2 Å². The van der Waals surface area contributed by atoms with Crippen molar-refractivity contribution in [1.29, 1.82) is 0 Å². The molecule has 4 aliphatic heterocycles. The molecule has 1 aromatic carbocycles. The van der Waals surface area contributed by atoms with Crippen LogP contribution >= 0.6 is 0 Å². The minimum atomic E-state index is 0.196. The Hall–Kier alpha value is -3.54. The van der Waals surface area contributed by atoms with Crippen molar-refractivity contribution >= 4 is 46.6 Å². The van der Waals surface area contributed by atoms with Crippen LogP contribution in [0.15, 0.2) is 33.3 Å². The lowest BCUT2D eigenvalue weighted by Gasteiger charge is -2.45. The Balaban J connectivity index is 0.998. The van der Waals surface area contributed by atoms with Crippen molar-refractivity contribution in [2.24, 2.45) is 71.0 Å². The molecule has 0 radical (unpaired) electrons. The van der Waals surface area contributed by atoms with Crippen molar-refractivity contribution in [1.82, 2.24) is 13.4 Å². The quantitative estimate of drug-likeness (QED) is 0.168. The van der Waals surface area contributed by atoms with Crippen molar-refractivity contribution in [3.05, 3.63) is 61.5 Å². The summed E-state index contributed by atoms with van der Waals surface area (Å²) in [6.45, 7) is 0.391. The molecule has 8 fully saturated rings. The van der Waals surface area contributed by atoms with Gasteiger partial charge in [-0.3, -0.25) is 13.4 Å². The van der Waals surface area contributed by atoms with Crippen molar-refractivity contribution in [3.63, 3.8) is 0 Å². The van der Waals surface area contributed by atoms with E-state index >= 15 is 4.79 Å². The first-order chi connectivity index (χ1) is 31.0. The third-order valence-electron chi connectivity index (χ3n) is 23.4. The van der Waals surface area contributed by atoms with E-state index in [4.69, 9.17) is 9.47 Å². The van der Waals surface area contributed by atoms with Gasteiger partial charge in [0.25, 0.3) is 13.4 Å². The Labute approximate surface area is 369 Å². The van der Waals surface area contributed by atoms with Crippen LogP contribution in [0.25, 0.3) is 17.0 Å². The minimum Gasteiger partial charge on any atom is -0.463 e. The average Bonchev–Trinajstić information content (AvgIpc) is 3.53. The van der Waals surface area contributed by atoms with E-state index in [1.165, 1.54) is 179 Å². The van der Waals surface area contributed by atoms with Crippen LogP contribution in [0.5, 0.6) is 11.5 Å². The SMILES string of the molecule is O=c1n2c3c(c4c2n2c5c(c6c(n15)C1CC5CC6C[C@H](C5)C1)B1C5=C(Oc6cc7c(c-2c61)B4C1=C(O7)C2CC4CC1C[C@H](C4)C2)C1CC2CC(C1)CC5C2)C1CC2CC(C1)CC3C2. The van der Waals surface area contributed by atoms with E-state index in [0.717, 1.165) is 58.8 Å². The topological polar surface area (TPSA) is 49.3 Å². The maximum atomic E-state index is 16.8. The molecule has 7 heterocycles. The molecule has 24 rings (SSSR count). The van der Waals surface area contributed by atoms with Gasteiger partial charge in [0.1, 0.15) is 22.8 Å². The highest BCUT2D eigenvalue weighted by atomic mass is 16.5. The van der Waals surface area contributed by atoms with Gasteiger partial charge in [-0.05, 0) is 243 Å². The number of hydrogen-bond acceptors (Lipinski definition) is 3. The van der Waals surface area contributed by atoms with E-state index in [-0.39, 0.29) is 13.4 Å². The van der Waals surface area contributed by atoms with Gasteiger partial charge in [0, 0.05) is 46.8 Å². The van der Waals surface area contributed by atoms with Gasteiger partial charge in [0.2, 0.25) is 0 Å². The van der Waals surface area contributed by atoms with Gasteiger partial charge in [-0.25, -0.2) is 4.79 Å². The molecule has 8 heteroatoms. The zero-order chi connectivity index (χ0) is 39.8. The second kappa shape index (κ2) is 10.4. The Morgan fingerprint density at radius 2 is 0.762 bits per heavy atom. The monoisotopic (exact) mass is 829 g/mol. The van der Waals surface area contributed by atoms with Gasteiger partial charge in [0.05, 0.1) is 11.5 Å². The zero-order valence-electron chi connectivity index (χ0n) is 36.7. The van der Waals surface area contributed by atoms with E-state index in [0.29, 0.717) is 53.0 Å². The summed E-state index contributed by atoms with van der Waals surface area (Å²) in [5.41, 5.74) is 20.2. The molecule has 316 valence electrons. The molecule has 3 aromatic heterocycles. The molecule has 16 aliphatic carbocycles. The molecule has 0 amide bonds. The molecular formula is C55H57B2N3O3. The smallest absolute Gasteiger partial charge is 0.340 e. The fourth-order valence-corrected chi connectivity index (χ4v) is 22.6. The van der Waals surface area contributed by atoms with Crippen LogP contribution < -0.4 is 37.0 Å². The maximum absolute atomic E-state index is 16.8. The normalized spacial score (nSPS) is 44.0. The lowest BCUT2D eigenvalue weighted by molar-refractivity contribution is 0.128. The first-order valence-corrected chi connectivity index (χ1v) is 27.0. The van der Waals surface area contributed by atoms with Crippen molar-refractivity contribution in [2.75, 3.05) is 0 Å². The Morgan fingerprint density at radius 1 is 0.413 bits per heavy atom. The first-order valence-electron chi connectivity index (χ1n) is 27.0. The highest BCUT2D eigenvalue weighted by Crippen LogP contribution is 2.63. The average molecular weight is 830 g/mol. The van der Waals surface area contributed by atoms with Crippen LogP contribution in [0.2, 0.25) is 0 Å². The van der Waals surface area contributed by atoms with Crippen LogP contribution in [0.3, 0.4) is 0 Å². The number of aromatic nitrogens is 3. The number of nitrogens with zero attached hydrogens (tertiary/aromatic N) is 3. The number of ether oxygens (including phenoxy) is 2. The fraction of sp³-hybridized carbons (Fsp3) is 0.655. The van der Waals surface area contributed by atoms with Crippen LogP contribution in [-0.4, -0.2) is 26.8 Å².